The van der Waals surface area contributed by atoms with Crippen molar-refractivity contribution in [2.75, 3.05) is 18.5 Å². The van der Waals surface area contributed by atoms with Crippen molar-refractivity contribution in [1.82, 2.24) is 9.78 Å². The van der Waals surface area contributed by atoms with Gasteiger partial charge in [-0.25, -0.2) is 0 Å². The van der Waals surface area contributed by atoms with Gasteiger partial charge < -0.3 is 10.1 Å². The number of rotatable bonds is 6. The Morgan fingerprint density at radius 2 is 2.06 bits per heavy atom. The highest BCUT2D eigenvalue weighted by Gasteiger charge is 2.01. The topological polar surface area (TPSA) is 39.1 Å². The normalized spacial score (nSPS) is 10.3. The second kappa shape index (κ2) is 6.10. The Labute approximate surface area is 108 Å². The van der Waals surface area contributed by atoms with E-state index in [1.165, 1.54) is 0 Å². The van der Waals surface area contributed by atoms with E-state index in [2.05, 4.69) is 10.4 Å². The van der Waals surface area contributed by atoms with Crippen LogP contribution in [0, 0.1) is 6.92 Å². The molecule has 1 aromatic heterocycles. The number of ether oxygens (including phenoxy) is 1. The summed E-state index contributed by atoms with van der Waals surface area (Å²) in [6.45, 7) is 3.61. The van der Waals surface area contributed by atoms with Crippen LogP contribution < -0.4 is 10.1 Å². The van der Waals surface area contributed by atoms with E-state index in [4.69, 9.17) is 4.74 Å². The first-order valence-corrected chi connectivity index (χ1v) is 6.17. The summed E-state index contributed by atoms with van der Waals surface area (Å²) in [5, 5.41) is 7.64. The van der Waals surface area contributed by atoms with E-state index in [-0.39, 0.29) is 0 Å². The van der Waals surface area contributed by atoms with E-state index in [9.17, 15) is 0 Å². The van der Waals surface area contributed by atoms with Crippen molar-refractivity contribution in [3.63, 3.8) is 0 Å². The fourth-order valence-corrected chi connectivity index (χ4v) is 1.78. The van der Waals surface area contributed by atoms with Crippen LogP contribution in [-0.4, -0.2) is 22.9 Å². The summed E-state index contributed by atoms with van der Waals surface area (Å²) in [5.41, 5.74) is 2.12. The maximum atomic E-state index is 5.62. The predicted molar refractivity (Wildman–Crippen MR) is 73.0 cm³/mol. The van der Waals surface area contributed by atoms with Crippen molar-refractivity contribution in [2.45, 2.75) is 13.3 Å². The first-order valence-electron chi connectivity index (χ1n) is 6.17. The van der Waals surface area contributed by atoms with E-state index < -0.39 is 0 Å². The van der Waals surface area contributed by atoms with Gasteiger partial charge in [0, 0.05) is 19.8 Å². The molecule has 4 nitrogen and oxygen atoms in total. The monoisotopic (exact) mass is 245 g/mol. The van der Waals surface area contributed by atoms with Gasteiger partial charge in [0.2, 0.25) is 0 Å². The molecule has 0 fully saturated rings. The number of aromatic nitrogens is 2. The molecule has 0 aliphatic carbocycles. The van der Waals surface area contributed by atoms with Crippen LogP contribution in [0.2, 0.25) is 0 Å². The van der Waals surface area contributed by atoms with Crippen LogP contribution in [0.1, 0.15) is 12.1 Å². The van der Waals surface area contributed by atoms with E-state index in [0.717, 1.165) is 36.7 Å². The standard InChI is InChI=1S/C14H19N3O/c1-12-14(11-17(2)16-12)15-9-6-10-18-13-7-4-3-5-8-13/h3-5,7-8,11,15H,6,9-10H2,1-2H3. The summed E-state index contributed by atoms with van der Waals surface area (Å²) >= 11 is 0. The van der Waals surface area contributed by atoms with Crippen LogP contribution in [0.5, 0.6) is 5.75 Å². The van der Waals surface area contributed by atoms with Gasteiger partial charge in [-0.2, -0.15) is 5.10 Å². The third-order valence-corrected chi connectivity index (χ3v) is 2.66. The number of anilines is 1. The number of nitrogens with one attached hydrogen (secondary N) is 1. The molecular weight excluding hydrogens is 226 g/mol. The molecule has 4 heteroatoms. The molecule has 0 aliphatic heterocycles. The lowest BCUT2D eigenvalue weighted by Gasteiger charge is -2.07. The van der Waals surface area contributed by atoms with Crippen LogP contribution in [0.15, 0.2) is 36.5 Å². The second-order valence-corrected chi connectivity index (χ2v) is 4.24. The lowest BCUT2D eigenvalue weighted by molar-refractivity contribution is 0.315. The summed E-state index contributed by atoms with van der Waals surface area (Å²) in [5.74, 6) is 0.926. The summed E-state index contributed by atoms with van der Waals surface area (Å²) < 4.78 is 7.44. The highest BCUT2D eigenvalue weighted by Crippen LogP contribution is 2.11. The molecule has 0 bridgehead atoms. The van der Waals surface area contributed by atoms with Crippen molar-refractivity contribution in [3.8, 4) is 5.75 Å². The molecule has 1 heterocycles. The molecule has 0 saturated carbocycles. The molecule has 0 aliphatic rings. The van der Waals surface area contributed by atoms with Crippen molar-refractivity contribution in [1.29, 1.82) is 0 Å². The molecule has 0 amide bonds. The lowest BCUT2D eigenvalue weighted by Crippen LogP contribution is -2.07. The van der Waals surface area contributed by atoms with E-state index in [0.29, 0.717) is 0 Å². The maximum Gasteiger partial charge on any atom is 0.119 e. The number of aryl methyl sites for hydroxylation is 2. The number of hydrogen-bond donors (Lipinski definition) is 1. The molecule has 0 atom stereocenters. The first kappa shape index (κ1) is 12.5. The molecule has 0 spiro atoms. The smallest absolute Gasteiger partial charge is 0.119 e. The molecule has 1 N–H and O–H groups in total. The molecule has 0 radical (unpaired) electrons. The predicted octanol–water partition coefficient (Wildman–Crippen LogP) is 2.61. The minimum atomic E-state index is 0.719. The Morgan fingerprint density at radius 3 is 2.72 bits per heavy atom. The fourth-order valence-electron chi connectivity index (χ4n) is 1.78. The largest absolute Gasteiger partial charge is 0.494 e. The Hall–Kier alpha value is -1.97. The Kier molecular flexibility index (Phi) is 4.23. The average Bonchev–Trinajstić information content (AvgIpc) is 2.69. The number of para-hydroxylation sites is 1. The molecule has 2 aromatic rings. The summed E-state index contributed by atoms with van der Waals surface area (Å²) in [6, 6.07) is 9.89. The Balaban J connectivity index is 1.66. The molecule has 1 aromatic carbocycles. The van der Waals surface area contributed by atoms with E-state index >= 15 is 0 Å². The van der Waals surface area contributed by atoms with Gasteiger partial charge in [0.1, 0.15) is 5.75 Å². The van der Waals surface area contributed by atoms with E-state index in [1.54, 1.807) is 0 Å². The van der Waals surface area contributed by atoms with Gasteiger partial charge in [-0.3, -0.25) is 4.68 Å². The quantitative estimate of drug-likeness (QED) is 0.795. The fraction of sp³-hybridized carbons (Fsp3) is 0.357. The zero-order valence-corrected chi connectivity index (χ0v) is 10.9. The summed E-state index contributed by atoms with van der Waals surface area (Å²) in [6.07, 6.45) is 2.95. The third-order valence-electron chi connectivity index (χ3n) is 2.66. The van der Waals surface area contributed by atoms with Crippen LogP contribution >= 0.6 is 0 Å². The highest BCUT2D eigenvalue weighted by atomic mass is 16.5. The highest BCUT2D eigenvalue weighted by molar-refractivity contribution is 5.45. The molecule has 0 unspecified atom stereocenters. The van der Waals surface area contributed by atoms with Gasteiger partial charge in [0.05, 0.1) is 18.0 Å². The van der Waals surface area contributed by atoms with Gasteiger partial charge in [0.15, 0.2) is 0 Å². The van der Waals surface area contributed by atoms with Crippen LogP contribution in [0.4, 0.5) is 5.69 Å². The molecule has 18 heavy (non-hydrogen) atoms. The first-order chi connectivity index (χ1) is 8.75. The van der Waals surface area contributed by atoms with Gasteiger partial charge >= 0.3 is 0 Å². The molecule has 96 valence electrons. The summed E-state index contributed by atoms with van der Waals surface area (Å²) in [7, 11) is 1.93. The minimum Gasteiger partial charge on any atom is -0.494 e. The van der Waals surface area contributed by atoms with E-state index in [1.807, 2.05) is 55.2 Å². The molecule has 0 saturated heterocycles. The summed E-state index contributed by atoms with van der Waals surface area (Å²) in [4.78, 5) is 0. The molecule has 2 rings (SSSR count). The number of hydrogen-bond acceptors (Lipinski definition) is 3. The lowest BCUT2D eigenvalue weighted by atomic mass is 10.3. The van der Waals surface area contributed by atoms with Gasteiger partial charge in [0.25, 0.3) is 0 Å². The zero-order chi connectivity index (χ0) is 12.8. The van der Waals surface area contributed by atoms with Gasteiger partial charge in [-0.15, -0.1) is 0 Å². The third kappa shape index (κ3) is 3.52. The molecular formula is C14H19N3O. The van der Waals surface area contributed by atoms with Gasteiger partial charge in [-0.05, 0) is 25.5 Å². The number of nitrogens with zero attached hydrogens (tertiary/aromatic N) is 2. The van der Waals surface area contributed by atoms with Crippen molar-refractivity contribution in [3.05, 3.63) is 42.2 Å². The zero-order valence-electron chi connectivity index (χ0n) is 10.9. The SMILES string of the molecule is Cc1nn(C)cc1NCCCOc1ccccc1. The Morgan fingerprint density at radius 1 is 1.28 bits per heavy atom. The minimum absolute atomic E-state index is 0.719. The van der Waals surface area contributed by atoms with Crippen molar-refractivity contribution in [2.24, 2.45) is 7.05 Å². The maximum absolute atomic E-state index is 5.62. The van der Waals surface area contributed by atoms with Crippen LogP contribution in [0.3, 0.4) is 0 Å². The Bertz CT molecular complexity index is 479. The van der Waals surface area contributed by atoms with Crippen LogP contribution in [-0.2, 0) is 7.05 Å². The number of benzene rings is 1. The van der Waals surface area contributed by atoms with Crippen molar-refractivity contribution < 1.29 is 4.74 Å². The second-order valence-electron chi connectivity index (χ2n) is 4.24. The van der Waals surface area contributed by atoms with Gasteiger partial charge in [-0.1, -0.05) is 18.2 Å². The average molecular weight is 245 g/mol. The van der Waals surface area contributed by atoms with Crippen molar-refractivity contribution >= 4 is 5.69 Å². The van der Waals surface area contributed by atoms with Crippen LogP contribution in [0.25, 0.3) is 0 Å².